The molecule has 5 heteroatoms. The van der Waals surface area contributed by atoms with Crippen LogP contribution in [0.5, 0.6) is 0 Å². The molecule has 4 nitrogen and oxygen atoms in total. The first kappa shape index (κ1) is 15.8. The Bertz CT molecular complexity index is 649. The average Bonchev–Trinajstić information content (AvgIpc) is 2.43. The standard InChI is InChI=1S/C16H20BrN3O/c1-12(2)10-20-9-8-18-15(16(20)21)19(3)11-13-4-6-14(17)7-5-13/h4-9,12H,10-11H2,1-3H3. The van der Waals surface area contributed by atoms with Gasteiger partial charge in [-0.3, -0.25) is 4.79 Å². The summed E-state index contributed by atoms with van der Waals surface area (Å²) in [6.07, 6.45) is 3.44. The third-order valence-corrected chi connectivity index (χ3v) is 3.68. The van der Waals surface area contributed by atoms with Crippen molar-refractivity contribution in [2.45, 2.75) is 26.9 Å². The molecule has 0 aliphatic carbocycles. The molecular formula is C16H20BrN3O. The number of hydrogen-bond donors (Lipinski definition) is 0. The number of benzene rings is 1. The van der Waals surface area contributed by atoms with E-state index in [-0.39, 0.29) is 5.56 Å². The lowest BCUT2D eigenvalue weighted by Gasteiger charge is -2.19. The van der Waals surface area contributed by atoms with Crippen LogP contribution in [0.2, 0.25) is 0 Å². The lowest BCUT2D eigenvalue weighted by molar-refractivity contribution is 0.508. The van der Waals surface area contributed by atoms with Crippen molar-refractivity contribution >= 4 is 21.7 Å². The Balaban J connectivity index is 2.21. The third-order valence-electron chi connectivity index (χ3n) is 3.15. The molecule has 112 valence electrons. The van der Waals surface area contributed by atoms with E-state index in [2.05, 4.69) is 34.8 Å². The van der Waals surface area contributed by atoms with E-state index in [1.165, 1.54) is 0 Å². The van der Waals surface area contributed by atoms with Gasteiger partial charge in [0.1, 0.15) is 0 Å². The minimum atomic E-state index is -0.0363. The maximum atomic E-state index is 12.4. The Morgan fingerprint density at radius 1 is 1.29 bits per heavy atom. The van der Waals surface area contributed by atoms with Crippen LogP contribution in [0, 0.1) is 5.92 Å². The Morgan fingerprint density at radius 3 is 2.57 bits per heavy atom. The normalized spacial score (nSPS) is 10.9. The minimum absolute atomic E-state index is 0.0363. The Morgan fingerprint density at radius 2 is 1.95 bits per heavy atom. The highest BCUT2D eigenvalue weighted by Gasteiger charge is 2.11. The van der Waals surface area contributed by atoms with Crippen LogP contribution in [0.1, 0.15) is 19.4 Å². The van der Waals surface area contributed by atoms with Gasteiger partial charge in [0.25, 0.3) is 5.56 Å². The van der Waals surface area contributed by atoms with E-state index < -0.39 is 0 Å². The first-order chi connectivity index (χ1) is 9.97. The van der Waals surface area contributed by atoms with Crippen molar-refractivity contribution in [2.75, 3.05) is 11.9 Å². The number of nitrogens with zero attached hydrogens (tertiary/aromatic N) is 3. The first-order valence-electron chi connectivity index (χ1n) is 6.98. The molecule has 0 unspecified atom stereocenters. The molecule has 0 N–H and O–H groups in total. The van der Waals surface area contributed by atoms with Gasteiger partial charge in [-0.15, -0.1) is 0 Å². The molecule has 2 aromatic rings. The van der Waals surface area contributed by atoms with Crippen molar-refractivity contribution < 1.29 is 0 Å². The second kappa shape index (κ2) is 6.89. The van der Waals surface area contributed by atoms with E-state index in [9.17, 15) is 4.79 Å². The van der Waals surface area contributed by atoms with E-state index in [0.29, 0.717) is 24.8 Å². The lowest BCUT2D eigenvalue weighted by Crippen LogP contribution is -2.31. The monoisotopic (exact) mass is 349 g/mol. The summed E-state index contributed by atoms with van der Waals surface area (Å²) >= 11 is 3.42. The molecule has 2 rings (SSSR count). The smallest absolute Gasteiger partial charge is 0.293 e. The van der Waals surface area contributed by atoms with Gasteiger partial charge in [-0.2, -0.15) is 0 Å². The number of anilines is 1. The maximum Gasteiger partial charge on any atom is 0.293 e. The Hall–Kier alpha value is -1.62. The van der Waals surface area contributed by atoms with Crippen LogP contribution in [0.4, 0.5) is 5.82 Å². The minimum Gasteiger partial charge on any atom is -0.351 e. The molecule has 1 heterocycles. The maximum absolute atomic E-state index is 12.4. The molecule has 0 spiro atoms. The van der Waals surface area contributed by atoms with Crippen LogP contribution in [-0.2, 0) is 13.1 Å². The third kappa shape index (κ3) is 4.17. The summed E-state index contributed by atoms with van der Waals surface area (Å²) in [7, 11) is 1.89. The fourth-order valence-electron chi connectivity index (χ4n) is 2.17. The number of aromatic nitrogens is 2. The molecular weight excluding hydrogens is 330 g/mol. The SMILES string of the molecule is CC(C)Cn1ccnc(N(C)Cc2ccc(Br)cc2)c1=O. The summed E-state index contributed by atoms with van der Waals surface area (Å²) in [5, 5.41) is 0. The van der Waals surface area contributed by atoms with E-state index >= 15 is 0 Å². The van der Waals surface area contributed by atoms with Crippen LogP contribution in [0.3, 0.4) is 0 Å². The number of halogens is 1. The van der Waals surface area contributed by atoms with Crippen LogP contribution in [0.25, 0.3) is 0 Å². The van der Waals surface area contributed by atoms with Crippen molar-refractivity contribution in [2.24, 2.45) is 5.92 Å². The predicted molar refractivity (Wildman–Crippen MR) is 89.6 cm³/mol. The van der Waals surface area contributed by atoms with E-state index in [0.717, 1.165) is 10.0 Å². The van der Waals surface area contributed by atoms with E-state index in [1.807, 2.05) is 36.2 Å². The van der Waals surface area contributed by atoms with Gasteiger partial charge in [-0.25, -0.2) is 4.98 Å². The van der Waals surface area contributed by atoms with Crippen molar-refractivity contribution in [3.8, 4) is 0 Å². The largest absolute Gasteiger partial charge is 0.351 e. The van der Waals surface area contributed by atoms with Gasteiger partial charge in [0.2, 0.25) is 0 Å². The topological polar surface area (TPSA) is 38.1 Å². The summed E-state index contributed by atoms with van der Waals surface area (Å²) in [5.74, 6) is 0.913. The van der Waals surface area contributed by atoms with Gasteiger partial charge in [-0.05, 0) is 23.6 Å². The zero-order valence-corrected chi connectivity index (χ0v) is 14.2. The molecule has 0 bridgehead atoms. The molecule has 0 saturated heterocycles. The van der Waals surface area contributed by atoms with Gasteiger partial charge in [0.15, 0.2) is 5.82 Å². The van der Waals surface area contributed by atoms with Crippen LogP contribution in [-0.4, -0.2) is 16.6 Å². The molecule has 0 saturated carbocycles. The fourth-order valence-corrected chi connectivity index (χ4v) is 2.44. The average molecular weight is 350 g/mol. The van der Waals surface area contributed by atoms with Crippen LogP contribution in [0.15, 0.2) is 45.9 Å². The summed E-state index contributed by atoms with van der Waals surface area (Å²) in [5.41, 5.74) is 1.10. The zero-order chi connectivity index (χ0) is 15.4. The van der Waals surface area contributed by atoms with E-state index in [4.69, 9.17) is 0 Å². The zero-order valence-electron chi connectivity index (χ0n) is 12.6. The van der Waals surface area contributed by atoms with Crippen molar-refractivity contribution in [1.82, 2.24) is 9.55 Å². The van der Waals surface area contributed by atoms with Gasteiger partial charge < -0.3 is 9.47 Å². The molecule has 0 atom stereocenters. The highest BCUT2D eigenvalue weighted by Crippen LogP contribution is 2.13. The Labute approximate surface area is 133 Å². The van der Waals surface area contributed by atoms with Gasteiger partial charge in [0, 0.05) is 37.0 Å². The summed E-state index contributed by atoms with van der Waals surface area (Å²) in [6.45, 7) is 5.55. The second-order valence-corrected chi connectivity index (χ2v) is 6.50. The molecule has 0 fully saturated rings. The highest BCUT2D eigenvalue weighted by molar-refractivity contribution is 9.10. The number of rotatable bonds is 5. The summed E-state index contributed by atoms with van der Waals surface area (Å²) in [6, 6.07) is 8.07. The molecule has 0 radical (unpaired) electrons. The molecule has 1 aromatic heterocycles. The molecule has 1 aromatic carbocycles. The van der Waals surface area contributed by atoms with Gasteiger partial charge >= 0.3 is 0 Å². The van der Waals surface area contributed by atoms with Gasteiger partial charge in [-0.1, -0.05) is 41.9 Å². The van der Waals surface area contributed by atoms with E-state index in [1.54, 1.807) is 17.0 Å². The van der Waals surface area contributed by atoms with Crippen molar-refractivity contribution in [3.05, 3.63) is 57.0 Å². The van der Waals surface area contributed by atoms with Crippen LogP contribution >= 0.6 is 15.9 Å². The van der Waals surface area contributed by atoms with Crippen molar-refractivity contribution in [1.29, 1.82) is 0 Å². The van der Waals surface area contributed by atoms with Gasteiger partial charge in [0.05, 0.1) is 0 Å². The van der Waals surface area contributed by atoms with Crippen LogP contribution < -0.4 is 10.5 Å². The first-order valence-corrected chi connectivity index (χ1v) is 7.77. The second-order valence-electron chi connectivity index (χ2n) is 5.58. The van der Waals surface area contributed by atoms with Crippen molar-refractivity contribution in [3.63, 3.8) is 0 Å². The molecule has 0 aliphatic rings. The quantitative estimate of drug-likeness (QED) is 0.831. The lowest BCUT2D eigenvalue weighted by atomic mass is 10.2. The molecule has 21 heavy (non-hydrogen) atoms. The fraction of sp³-hybridized carbons (Fsp3) is 0.375. The molecule has 0 amide bonds. The predicted octanol–water partition coefficient (Wildman–Crippen LogP) is 3.30. The highest BCUT2D eigenvalue weighted by atomic mass is 79.9. The molecule has 0 aliphatic heterocycles. The Kier molecular flexibility index (Phi) is 5.17. The number of hydrogen-bond acceptors (Lipinski definition) is 3. The summed E-state index contributed by atoms with van der Waals surface area (Å²) in [4.78, 5) is 18.6. The summed E-state index contributed by atoms with van der Waals surface area (Å²) < 4.78 is 2.77.